The Hall–Kier alpha value is -6.90. The van der Waals surface area contributed by atoms with Gasteiger partial charge in [-0.05, 0) is 119 Å². The molecule has 7 aromatic rings. The second kappa shape index (κ2) is 15.0. The van der Waals surface area contributed by atoms with Crippen LogP contribution in [0.25, 0.3) is 66.8 Å². The molecule has 10 rings (SSSR count). The van der Waals surface area contributed by atoms with Crippen LogP contribution in [-0.2, 0) is 0 Å². The fraction of sp³-hybridized carbons (Fsp3) is 0.0909. The molecular formula is C55H44N2. The van der Waals surface area contributed by atoms with Crippen molar-refractivity contribution >= 4 is 72.5 Å². The van der Waals surface area contributed by atoms with Crippen LogP contribution in [0.1, 0.15) is 49.3 Å². The summed E-state index contributed by atoms with van der Waals surface area (Å²) in [5, 5.41) is 7.60. The minimum absolute atomic E-state index is 0.766. The van der Waals surface area contributed by atoms with Crippen LogP contribution in [0.15, 0.2) is 205 Å². The van der Waals surface area contributed by atoms with Crippen molar-refractivity contribution in [3.63, 3.8) is 0 Å². The van der Waals surface area contributed by atoms with Gasteiger partial charge in [0.05, 0.1) is 11.0 Å². The molecule has 0 N–H and O–H groups in total. The number of para-hydroxylation sites is 1. The molecule has 57 heavy (non-hydrogen) atoms. The first-order valence-corrected chi connectivity index (χ1v) is 20.2. The Morgan fingerprint density at radius 2 is 1.37 bits per heavy atom. The minimum atomic E-state index is 0.766. The maximum Gasteiger partial charge on any atom is 0.0547 e. The molecule has 0 bridgehead atoms. The third kappa shape index (κ3) is 6.54. The smallest absolute Gasteiger partial charge is 0.0547 e. The summed E-state index contributed by atoms with van der Waals surface area (Å²) in [4.78, 5) is 2.48. The third-order valence-corrected chi connectivity index (χ3v) is 11.6. The normalized spacial score (nSPS) is 17.2. The summed E-state index contributed by atoms with van der Waals surface area (Å²) >= 11 is 0. The van der Waals surface area contributed by atoms with Crippen molar-refractivity contribution in [1.82, 2.24) is 4.57 Å². The second-order valence-corrected chi connectivity index (χ2v) is 15.2. The summed E-state index contributed by atoms with van der Waals surface area (Å²) < 4.78 is 2.45. The van der Waals surface area contributed by atoms with Crippen molar-refractivity contribution in [2.75, 3.05) is 4.90 Å². The molecule has 0 unspecified atom stereocenters. The van der Waals surface area contributed by atoms with Crippen LogP contribution < -0.4 is 4.90 Å². The second-order valence-electron chi connectivity index (χ2n) is 15.2. The molecule has 0 spiro atoms. The van der Waals surface area contributed by atoms with Crippen molar-refractivity contribution in [3.8, 4) is 0 Å². The van der Waals surface area contributed by atoms with Crippen molar-refractivity contribution in [3.05, 3.63) is 222 Å². The monoisotopic (exact) mass is 732 g/mol. The van der Waals surface area contributed by atoms with Crippen LogP contribution in [-0.4, -0.2) is 4.57 Å². The number of nitrogens with zero attached hydrogens (tertiary/aromatic N) is 2. The molecule has 2 heteroatoms. The summed E-state index contributed by atoms with van der Waals surface area (Å²) in [7, 11) is 0. The van der Waals surface area contributed by atoms with Gasteiger partial charge in [0.2, 0.25) is 0 Å². The van der Waals surface area contributed by atoms with Gasteiger partial charge in [0.1, 0.15) is 0 Å². The molecule has 0 atom stereocenters. The third-order valence-electron chi connectivity index (χ3n) is 11.6. The Bertz CT molecular complexity index is 3020. The van der Waals surface area contributed by atoms with E-state index in [9.17, 15) is 0 Å². The van der Waals surface area contributed by atoms with Crippen LogP contribution in [0, 0.1) is 0 Å². The number of benzene rings is 6. The molecule has 0 radical (unpaired) electrons. The standard InChI is InChI=1S/C55H44N2/c1-39-29-31-41-16-6-5-15-40(41)19-13-23-46(34-30-39)56(48-35-36-50-44(38-48)33-32-42-17-8-10-24-49(42)50)47-22-9-7-18-43(37-47)51-26-14-28-54-55(51)52-25-11-12-27-53(52)57(54)45-20-3-2-4-21-45/h3,5-6,8-33,35-38H,2,4,7,34H2,1H3/b19-13+,31-29?,39-30?,46-23+. The van der Waals surface area contributed by atoms with Crippen LogP contribution in [0.2, 0.25) is 0 Å². The Balaban J connectivity index is 1.17. The maximum atomic E-state index is 2.48. The molecule has 0 fully saturated rings. The largest absolute Gasteiger partial charge is 0.314 e. The lowest BCUT2D eigenvalue weighted by molar-refractivity contribution is 1.02. The van der Waals surface area contributed by atoms with E-state index in [4.69, 9.17) is 0 Å². The summed E-state index contributed by atoms with van der Waals surface area (Å²) in [6.07, 6.45) is 33.7. The summed E-state index contributed by atoms with van der Waals surface area (Å²) in [5.74, 6) is 0. The van der Waals surface area contributed by atoms with Gasteiger partial charge in [-0.15, -0.1) is 0 Å². The lowest BCUT2D eigenvalue weighted by Crippen LogP contribution is -2.21. The molecule has 2 nitrogen and oxygen atoms in total. The Labute approximate surface area is 335 Å². The number of allylic oxidation sites excluding steroid dienone is 14. The average molecular weight is 733 g/mol. The van der Waals surface area contributed by atoms with Gasteiger partial charge in [-0.25, -0.2) is 0 Å². The predicted octanol–water partition coefficient (Wildman–Crippen LogP) is 15.0. The van der Waals surface area contributed by atoms with E-state index < -0.39 is 0 Å². The zero-order chi connectivity index (χ0) is 38.1. The van der Waals surface area contributed by atoms with Gasteiger partial charge < -0.3 is 9.47 Å². The fourth-order valence-corrected chi connectivity index (χ4v) is 8.77. The van der Waals surface area contributed by atoms with Crippen molar-refractivity contribution in [1.29, 1.82) is 0 Å². The molecule has 0 saturated carbocycles. The van der Waals surface area contributed by atoms with Crippen molar-refractivity contribution < 1.29 is 0 Å². The number of hydrogen-bond donors (Lipinski definition) is 0. The number of aromatic nitrogens is 1. The lowest BCUT2D eigenvalue weighted by Gasteiger charge is -2.29. The lowest BCUT2D eigenvalue weighted by atomic mass is 9.97. The Kier molecular flexibility index (Phi) is 9.08. The van der Waals surface area contributed by atoms with Gasteiger partial charge in [-0.2, -0.15) is 0 Å². The number of anilines is 1. The molecule has 6 aromatic carbocycles. The zero-order valence-electron chi connectivity index (χ0n) is 32.3. The van der Waals surface area contributed by atoms with E-state index in [1.807, 2.05) is 0 Å². The first-order valence-electron chi connectivity index (χ1n) is 20.2. The van der Waals surface area contributed by atoms with Gasteiger partial charge in [0, 0.05) is 40.0 Å². The van der Waals surface area contributed by atoms with Crippen LogP contribution in [0.4, 0.5) is 5.69 Å². The molecule has 0 saturated heterocycles. The molecular weight excluding hydrogens is 689 g/mol. The summed E-state index contributed by atoms with van der Waals surface area (Å²) in [5.41, 5.74) is 13.3. The van der Waals surface area contributed by atoms with E-state index in [0.717, 1.165) is 37.1 Å². The first kappa shape index (κ1) is 34.6. The van der Waals surface area contributed by atoms with E-state index in [2.05, 4.69) is 217 Å². The number of rotatable bonds is 5. The minimum Gasteiger partial charge on any atom is -0.314 e. The van der Waals surface area contributed by atoms with Gasteiger partial charge in [-0.3, -0.25) is 0 Å². The summed E-state index contributed by atoms with van der Waals surface area (Å²) in [6.45, 7) is 2.20. The highest BCUT2D eigenvalue weighted by Crippen LogP contribution is 2.40. The fourth-order valence-electron chi connectivity index (χ4n) is 8.77. The highest BCUT2D eigenvalue weighted by molar-refractivity contribution is 6.15. The highest BCUT2D eigenvalue weighted by atomic mass is 15.2. The Morgan fingerprint density at radius 1 is 0.579 bits per heavy atom. The van der Waals surface area contributed by atoms with E-state index in [1.165, 1.54) is 82.6 Å². The quantitative estimate of drug-likeness (QED) is 0.160. The van der Waals surface area contributed by atoms with Crippen molar-refractivity contribution in [2.45, 2.75) is 32.6 Å². The van der Waals surface area contributed by atoms with E-state index in [-0.39, 0.29) is 0 Å². The van der Waals surface area contributed by atoms with Crippen molar-refractivity contribution in [2.24, 2.45) is 0 Å². The molecule has 1 heterocycles. The average Bonchev–Trinajstić information content (AvgIpc) is 3.39. The zero-order valence-corrected chi connectivity index (χ0v) is 32.3. The molecule has 0 amide bonds. The highest BCUT2D eigenvalue weighted by Gasteiger charge is 2.21. The van der Waals surface area contributed by atoms with E-state index in [0.29, 0.717) is 0 Å². The van der Waals surface area contributed by atoms with Gasteiger partial charge in [0.15, 0.2) is 0 Å². The predicted molar refractivity (Wildman–Crippen MR) is 247 cm³/mol. The van der Waals surface area contributed by atoms with E-state index >= 15 is 0 Å². The van der Waals surface area contributed by atoms with E-state index in [1.54, 1.807) is 0 Å². The molecule has 3 aliphatic rings. The SMILES string of the molecule is CC1=CC/C(N(C2=CC(c3cccc4c3c3ccccc3n4C3=CCCC=C3)=CCC=C2)c2ccc3c(ccc4ccccc43)c2)=C\C=C\c2ccccc2C=C1. The van der Waals surface area contributed by atoms with Crippen LogP contribution >= 0.6 is 0 Å². The molecule has 3 aliphatic carbocycles. The molecule has 274 valence electrons. The first-order chi connectivity index (χ1) is 28.2. The Morgan fingerprint density at radius 3 is 2.26 bits per heavy atom. The van der Waals surface area contributed by atoms with Crippen LogP contribution in [0.3, 0.4) is 0 Å². The van der Waals surface area contributed by atoms with Crippen LogP contribution in [0.5, 0.6) is 0 Å². The molecule has 1 aromatic heterocycles. The van der Waals surface area contributed by atoms with Gasteiger partial charge >= 0.3 is 0 Å². The number of fused-ring (bicyclic) bond motifs is 7. The topological polar surface area (TPSA) is 8.17 Å². The molecule has 0 aliphatic heterocycles. The number of hydrogen-bond acceptors (Lipinski definition) is 1. The van der Waals surface area contributed by atoms with Gasteiger partial charge in [0.25, 0.3) is 0 Å². The van der Waals surface area contributed by atoms with Gasteiger partial charge in [-0.1, -0.05) is 157 Å². The summed E-state index contributed by atoms with van der Waals surface area (Å²) in [6, 6.07) is 44.5. The maximum absolute atomic E-state index is 2.48.